The van der Waals surface area contributed by atoms with Crippen molar-refractivity contribution < 1.29 is 19.4 Å². The van der Waals surface area contributed by atoms with E-state index in [-0.39, 0.29) is 12.0 Å². The van der Waals surface area contributed by atoms with E-state index in [1.54, 1.807) is 12.3 Å². The minimum Gasteiger partial charge on any atom is -0.488 e. The molecule has 0 radical (unpaired) electrons. The first-order valence-corrected chi connectivity index (χ1v) is 15.8. The molecule has 4 aromatic rings. The van der Waals surface area contributed by atoms with E-state index >= 15 is 0 Å². The van der Waals surface area contributed by atoms with E-state index in [2.05, 4.69) is 65.3 Å². The maximum atomic E-state index is 12.3. The van der Waals surface area contributed by atoms with Crippen molar-refractivity contribution in [1.82, 2.24) is 9.88 Å². The Morgan fingerprint density at radius 1 is 1.02 bits per heavy atom. The second-order valence-electron chi connectivity index (χ2n) is 12.9. The van der Waals surface area contributed by atoms with Crippen LogP contribution in [0.2, 0.25) is 0 Å². The van der Waals surface area contributed by atoms with Crippen LogP contribution in [0.4, 0.5) is 0 Å². The first-order chi connectivity index (χ1) is 21.9. The summed E-state index contributed by atoms with van der Waals surface area (Å²) in [5, 5.41) is 19.5. The van der Waals surface area contributed by atoms with Crippen LogP contribution in [0.25, 0.3) is 11.1 Å². The fourth-order valence-corrected chi connectivity index (χ4v) is 7.23. The van der Waals surface area contributed by atoms with Gasteiger partial charge >= 0.3 is 5.97 Å². The Balaban J connectivity index is 1.21. The van der Waals surface area contributed by atoms with Gasteiger partial charge < -0.3 is 14.6 Å². The number of carboxylic acid groups (broad SMARTS) is 1. The lowest BCUT2D eigenvalue weighted by Gasteiger charge is -2.26. The number of fused-ring (bicyclic) bond motifs is 1. The number of pyridine rings is 1. The second kappa shape index (κ2) is 12.0. The smallest absolute Gasteiger partial charge is 0.320 e. The number of ether oxygens (including phenoxy) is 2. The van der Waals surface area contributed by atoms with Gasteiger partial charge in [-0.3, -0.25) is 14.7 Å². The molecule has 0 unspecified atom stereocenters. The summed E-state index contributed by atoms with van der Waals surface area (Å²) >= 11 is 0. The Kier molecular flexibility index (Phi) is 7.76. The lowest BCUT2D eigenvalue weighted by Crippen LogP contribution is -2.35. The van der Waals surface area contributed by atoms with Crippen molar-refractivity contribution in [3.05, 3.63) is 112 Å². The third-order valence-electron chi connectivity index (χ3n) is 9.88. The molecule has 1 saturated carbocycles. The van der Waals surface area contributed by atoms with Crippen molar-refractivity contribution in [3.8, 4) is 28.7 Å². The molecular weight excluding hydrogens is 562 g/mol. The summed E-state index contributed by atoms with van der Waals surface area (Å²) < 4.78 is 13.1. The molecule has 0 amide bonds. The van der Waals surface area contributed by atoms with Crippen molar-refractivity contribution in [2.45, 2.75) is 71.2 Å². The van der Waals surface area contributed by atoms with Gasteiger partial charge in [-0.05, 0) is 90.3 Å². The molecule has 1 aromatic heterocycles. The number of hydrogen-bond acceptors (Lipinski definition) is 6. The molecule has 3 aromatic carbocycles. The molecule has 2 heterocycles. The summed E-state index contributed by atoms with van der Waals surface area (Å²) in [6.07, 6.45) is 9.03. The van der Waals surface area contributed by atoms with Crippen LogP contribution in [0.5, 0.6) is 11.5 Å². The van der Waals surface area contributed by atoms with Crippen LogP contribution in [0, 0.1) is 23.7 Å². The molecule has 1 atom stereocenters. The first-order valence-electron chi connectivity index (χ1n) is 15.8. The largest absolute Gasteiger partial charge is 0.488 e. The van der Waals surface area contributed by atoms with Gasteiger partial charge in [0.2, 0.25) is 0 Å². The summed E-state index contributed by atoms with van der Waals surface area (Å²) in [7, 11) is 0. The Bertz CT molecular complexity index is 1790. The monoisotopic (exact) mass is 599 g/mol. The quantitative estimate of drug-likeness (QED) is 0.209. The third-order valence-corrected chi connectivity index (χ3v) is 9.88. The number of aromatic nitrogens is 1. The van der Waals surface area contributed by atoms with Crippen molar-refractivity contribution in [1.29, 1.82) is 5.26 Å². The highest BCUT2D eigenvalue weighted by Crippen LogP contribution is 2.55. The topological polar surface area (TPSA) is 95.7 Å². The predicted molar refractivity (Wildman–Crippen MR) is 171 cm³/mol. The zero-order chi connectivity index (χ0) is 31.0. The van der Waals surface area contributed by atoms with Crippen molar-refractivity contribution in [2.75, 3.05) is 6.54 Å². The first kappa shape index (κ1) is 29.1. The zero-order valence-electron chi connectivity index (χ0n) is 25.6. The van der Waals surface area contributed by atoms with E-state index in [4.69, 9.17) is 9.47 Å². The van der Waals surface area contributed by atoms with Crippen molar-refractivity contribution in [2.24, 2.45) is 5.41 Å². The third kappa shape index (κ3) is 5.91. The Morgan fingerprint density at radius 2 is 1.82 bits per heavy atom. The summed E-state index contributed by atoms with van der Waals surface area (Å²) in [6.45, 7) is 4.17. The Morgan fingerprint density at radius 3 is 2.60 bits per heavy atom. The summed E-state index contributed by atoms with van der Waals surface area (Å²) in [5.74, 6) is 0.790. The maximum Gasteiger partial charge on any atom is 0.320 e. The molecule has 2 fully saturated rings. The molecule has 1 aliphatic heterocycles. The van der Waals surface area contributed by atoms with Crippen LogP contribution in [0.15, 0.2) is 73.1 Å². The van der Waals surface area contributed by atoms with Crippen LogP contribution in [0.3, 0.4) is 0 Å². The van der Waals surface area contributed by atoms with Gasteiger partial charge in [0.25, 0.3) is 0 Å². The molecule has 1 N–H and O–H groups in total. The number of nitrogens with zero attached hydrogens (tertiary/aromatic N) is 3. The molecule has 1 saturated heterocycles. The lowest BCUT2D eigenvalue weighted by atomic mass is 9.97. The molecule has 7 heteroatoms. The molecule has 7 rings (SSSR count). The van der Waals surface area contributed by atoms with Crippen LogP contribution < -0.4 is 9.47 Å². The van der Waals surface area contributed by atoms with Gasteiger partial charge in [0.15, 0.2) is 0 Å². The Labute approximate surface area is 264 Å². The van der Waals surface area contributed by atoms with E-state index in [9.17, 15) is 15.2 Å². The lowest BCUT2D eigenvalue weighted by molar-refractivity contribution is -0.142. The van der Waals surface area contributed by atoms with Crippen LogP contribution >= 0.6 is 0 Å². The van der Waals surface area contributed by atoms with Gasteiger partial charge in [-0.1, -0.05) is 48.5 Å². The molecule has 7 nitrogen and oxygen atoms in total. The van der Waals surface area contributed by atoms with Crippen LogP contribution in [0.1, 0.15) is 64.6 Å². The number of rotatable bonds is 10. The number of carbonyl (C=O) groups is 1. The molecule has 228 valence electrons. The molecule has 2 aliphatic carbocycles. The summed E-state index contributed by atoms with van der Waals surface area (Å²) in [6, 6.07) is 22.2. The van der Waals surface area contributed by atoms with Gasteiger partial charge in [-0.2, -0.15) is 5.26 Å². The fourth-order valence-electron chi connectivity index (χ4n) is 7.23. The van der Waals surface area contributed by atoms with E-state index < -0.39 is 12.0 Å². The SMILES string of the molecule is Cc1c(COc2cc(OCc3cncc(C#N)c3)c(CN3CC4(CC4)C[C@H]3C(=O)O)c3c2CCC3)cccc1-c1ccccc1. The number of nitriles is 1. The average Bonchev–Trinajstić information content (AvgIpc) is 3.45. The molecule has 45 heavy (non-hydrogen) atoms. The minimum absolute atomic E-state index is 0.159. The molecule has 1 spiro atoms. The normalized spacial score (nSPS) is 18.0. The standard InChI is InChI=1S/C38H37N3O4/c1-25-29(9-5-10-30(25)28-7-3-2-4-8-28)23-45-35-16-36(44-22-27-15-26(18-39)19-40-20-27)33(31-11-6-12-32(31)35)21-41-24-38(13-14-38)17-34(41)37(42)43/h2-5,7-10,15-16,19-20,34H,6,11-14,17,21-24H2,1H3,(H,42,43)/t34-/m0/s1. The van der Waals surface area contributed by atoms with E-state index in [1.807, 2.05) is 12.1 Å². The van der Waals surface area contributed by atoms with Crippen LogP contribution in [-0.2, 0) is 37.4 Å². The highest BCUT2D eigenvalue weighted by Gasteiger charge is 2.54. The van der Waals surface area contributed by atoms with E-state index in [0.717, 1.165) is 67.5 Å². The number of benzene rings is 3. The summed E-state index contributed by atoms with van der Waals surface area (Å²) in [4.78, 5) is 18.6. The Hall–Kier alpha value is -4.67. The fraction of sp³-hybridized carbons (Fsp3) is 0.342. The minimum atomic E-state index is -0.745. The number of likely N-dealkylation sites (tertiary alicyclic amines) is 1. The van der Waals surface area contributed by atoms with Gasteiger partial charge in [0.05, 0.1) is 5.56 Å². The number of carboxylic acids is 1. The average molecular weight is 600 g/mol. The predicted octanol–water partition coefficient (Wildman–Crippen LogP) is 7.01. The maximum absolute atomic E-state index is 12.3. The molecular formula is C38H37N3O4. The molecule has 3 aliphatic rings. The molecule has 0 bridgehead atoms. The van der Waals surface area contributed by atoms with E-state index in [1.165, 1.54) is 34.0 Å². The summed E-state index contributed by atoms with van der Waals surface area (Å²) in [5.41, 5.74) is 9.64. The zero-order valence-corrected chi connectivity index (χ0v) is 25.6. The highest BCUT2D eigenvalue weighted by molar-refractivity contribution is 5.74. The number of hydrogen-bond donors (Lipinski definition) is 1. The van der Waals surface area contributed by atoms with Crippen molar-refractivity contribution in [3.63, 3.8) is 0 Å². The van der Waals surface area contributed by atoms with Crippen LogP contribution in [-0.4, -0.2) is 33.5 Å². The van der Waals surface area contributed by atoms with Gasteiger partial charge in [-0.25, -0.2) is 0 Å². The van der Waals surface area contributed by atoms with Gasteiger partial charge in [-0.15, -0.1) is 0 Å². The highest BCUT2D eigenvalue weighted by atomic mass is 16.5. The van der Waals surface area contributed by atoms with Gasteiger partial charge in [0, 0.05) is 42.7 Å². The van der Waals surface area contributed by atoms with Gasteiger partial charge in [0.1, 0.15) is 36.8 Å². The van der Waals surface area contributed by atoms with Crippen molar-refractivity contribution >= 4 is 5.97 Å². The number of aliphatic carboxylic acids is 1. The van der Waals surface area contributed by atoms with E-state index in [0.29, 0.717) is 24.5 Å². The second-order valence-corrected chi connectivity index (χ2v) is 12.9.